The van der Waals surface area contributed by atoms with Crippen LogP contribution in [-0.2, 0) is 11.2 Å². The van der Waals surface area contributed by atoms with Crippen molar-refractivity contribution in [1.29, 1.82) is 0 Å². The van der Waals surface area contributed by atoms with Crippen molar-refractivity contribution in [2.24, 2.45) is 0 Å². The zero-order valence-electron chi connectivity index (χ0n) is 14.1. The average Bonchev–Trinajstić information content (AvgIpc) is 3.27. The van der Waals surface area contributed by atoms with Crippen LogP contribution in [0.3, 0.4) is 0 Å². The van der Waals surface area contributed by atoms with Gasteiger partial charge in [-0.3, -0.25) is 4.79 Å². The Bertz CT molecular complexity index is 678. The highest BCUT2D eigenvalue weighted by atomic mass is 32.1. The van der Waals surface area contributed by atoms with E-state index in [2.05, 4.69) is 10.3 Å². The van der Waals surface area contributed by atoms with E-state index < -0.39 is 0 Å². The number of hydrogen-bond acceptors (Lipinski definition) is 5. The molecule has 0 bridgehead atoms. The minimum absolute atomic E-state index is 0.132. The van der Waals surface area contributed by atoms with Crippen LogP contribution in [0, 0.1) is 0 Å². The third-order valence-electron chi connectivity index (χ3n) is 4.27. The van der Waals surface area contributed by atoms with Crippen LogP contribution in [0.25, 0.3) is 10.6 Å². The van der Waals surface area contributed by atoms with Crippen LogP contribution in [-0.4, -0.2) is 48.6 Å². The topological polar surface area (TPSA) is 54.5 Å². The number of aromatic nitrogens is 1. The van der Waals surface area contributed by atoms with E-state index in [1.165, 1.54) is 0 Å². The van der Waals surface area contributed by atoms with Crippen molar-refractivity contribution in [3.05, 3.63) is 35.3 Å². The van der Waals surface area contributed by atoms with Crippen molar-refractivity contribution in [3.8, 4) is 16.3 Å². The molecule has 1 aliphatic heterocycles. The van der Waals surface area contributed by atoms with Crippen LogP contribution in [0.15, 0.2) is 29.6 Å². The molecule has 1 atom stereocenters. The van der Waals surface area contributed by atoms with Gasteiger partial charge >= 0.3 is 0 Å². The number of rotatable bonds is 6. The Morgan fingerprint density at radius 1 is 1.42 bits per heavy atom. The number of ether oxygens (including phenoxy) is 1. The molecule has 0 aliphatic carbocycles. The maximum Gasteiger partial charge on any atom is 0.228 e. The van der Waals surface area contributed by atoms with Gasteiger partial charge in [0, 0.05) is 30.6 Å². The second kappa shape index (κ2) is 7.77. The quantitative estimate of drug-likeness (QED) is 0.874. The molecule has 1 fully saturated rings. The molecule has 3 rings (SSSR count). The molecule has 24 heavy (non-hydrogen) atoms. The molecule has 0 saturated carbocycles. The molecule has 5 nitrogen and oxygen atoms in total. The first-order valence-corrected chi connectivity index (χ1v) is 9.19. The second-order valence-corrected chi connectivity index (χ2v) is 6.79. The van der Waals surface area contributed by atoms with E-state index in [9.17, 15) is 4.79 Å². The standard InChI is InChI=1S/C18H23N3O2S/c1-3-23-16-6-4-13(5-7-16)18-20-14(12-24-18)10-17(22)21(2)15-8-9-19-11-15/h4-7,12,15,19H,3,8-11H2,1-2H3. The monoisotopic (exact) mass is 345 g/mol. The van der Waals surface area contributed by atoms with E-state index in [0.717, 1.165) is 41.5 Å². The molecule has 0 radical (unpaired) electrons. The van der Waals surface area contributed by atoms with E-state index in [-0.39, 0.29) is 5.91 Å². The van der Waals surface area contributed by atoms with E-state index in [1.807, 2.05) is 48.5 Å². The molecule has 1 aromatic heterocycles. The van der Waals surface area contributed by atoms with Crippen molar-refractivity contribution >= 4 is 17.2 Å². The largest absolute Gasteiger partial charge is 0.494 e. The maximum atomic E-state index is 12.4. The lowest BCUT2D eigenvalue weighted by atomic mass is 10.2. The fourth-order valence-corrected chi connectivity index (χ4v) is 3.66. The highest BCUT2D eigenvalue weighted by molar-refractivity contribution is 7.13. The molecule has 1 amide bonds. The Labute approximate surface area is 146 Å². The zero-order valence-corrected chi connectivity index (χ0v) is 14.9. The molecule has 1 aromatic carbocycles. The first-order valence-electron chi connectivity index (χ1n) is 8.31. The number of nitrogens with zero attached hydrogens (tertiary/aromatic N) is 2. The Hall–Kier alpha value is -1.92. The van der Waals surface area contributed by atoms with Crippen molar-refractivity contribution in [1.82, 2.24) is 15.2 Å². The zero-order chi connectivity index (χ0) is 16.9. The van der Waals surface area contributed by atoms with Gasteiger partial charge in [-0.1, -0.05) is 0 Å². The molecule has 6 heteroatoms. The average molecular weight is 345 g/mol. The summed E-state index contributed by atoms with van der Waals surface area (Å²) in [6, 6.07) is 8.22. The number of benzene rings is 1. The predicted molar refractivity (Wildman–Crippen MR) is 96.5 cm³/mol. The molecule has 0 spiro atoms. The molecule has 1 N–H and O–H groups in total. The SMILES string of the molecule is CCOc1ccc(-c2nc(CC(=O)N(C)C3CCNC3)cs2)cc1. The summed E-state index contributed by atoms with van der Waals surface area (Å²) >= 11 is 1.57. The number of nitrogens with one attached hydrogen (secondary N) is 1. The van der Waals surface area contributed by atoms with Gasteiger partial charge < -0.3 is 15.0 Å². The summed E-state index contributed by atoms with van der Waals surface area (Å²) in [5, 5.41) is 6.21. The minimum Gasteiger partial charge on any atom is -0.494 e. The van der Waals surface area contributed by atoms with E-state index in [0.29, 0.717) is 19.1 Å². The van der Waals surface area contributed by atoms with Crippen molar-refractivity contribution < 1.29 is 9.53 Å². The van der Waals surface area contributed by atoms with Gasteiger partial charge in [0.15, 0.2) is 0 Å². The summed E-state index contributed by atoms with van der Waals surface area (Å²) in [4.78, 5) is 18.9. The van der Waals surface area contributed by atoms with Gasteiger partial charge in [0.25, 0.3) is 0 Å². The Morgan fingerprint density at radius 2 is 2.21 bits per heavy atom. The van der Waals surface area contributed by atoms with Crippen LogP contribution in [0.1, 0.15) is 19.0 Å². The maximum absolute atomic E-state index is 12.4. The summed E-state index contributed by atoms with van der Waals surface area (Å²) in [7, 11) is 1.89. The lowest BCUT2D eigenvalue weighted by Crippen LogP contribution is -2.39. The van der Waals surface area contributed by atoms with Crippen molar-refractivity contribution in [2.75, 3.05) is 26.7 Å². The molecular formula is C18H23N3O2S. The Morgan fingerprint density at radius 3 is 2.88 bits per heavy atom. The summed E-state index contributed by atoms with van der Waals surface area (Å²) in [6.07, 6.45) is 1.39. The highest BCUT2D eigenvalue weighted by Crippen LogP contribution is 2.26. The van der Waals surface area contributed by atoms with Gasteiger partial charge in [0.05, 0.1) is 18.7 Å². The van der Waals surface area contributed by atoms with Gasteiger partial charge in [0.2, 0.25) is 5.91 Å². The molecule has 1 unspecified atom stereocenters. The normalized spacial score (nSPS) is 17.0. The van der Waals surface area contributed by atoms with Crippen LogP contribution in [0.4, 0.5) is 0 Å². The van der Waals surface area contributed by atoms with Gasteiger partial charge in [-0.25, -0.2) is 4.98 Å². The summed E-state index contributed by atoms with van der Waals surface area (Å²) in [5.74, 6) is 0.993. The predicted octanol–water partition coefficient (Wildman–Crippen LogP) is 2.57. The first-order chi connectivity index (χ1) is 11.7. The molecule has 2 aromatic rings. The molecule has 2 heterocycles. The number of hydrogen-bond donors (Lipinski definition) is 1. The molecule has 128 valence electrons. The fraction of sp³-hybridized carbons (Fsp3) is 0.444. The number of amides is 1. The van der Waals surface area contributed by atoms with Gasteiger partial charge in [0.1, 0.15) is 10.8 Å². The Kier molecular flexibility index (Phi) is 5.48. The van der Waals surface area contributed by atoms with Gasteiger partial charge in [-0.05, 0) is 44.2 Å². The number of carbonyl (C=O) groups is 1. The second-order valence-electron chi connectivity index (χ2n) is 5.93. The highest BCUT2D eigenvalue weighted by Gasteiger charge is 2.23. The van der Waals surface area contributed by atoms with Crippen LogP contribution in [0.5, 0.6) is 5.75 Å². The first kappa shape index (κ1) is 16.9. The van der Waals surface area contributed by atoms with Crippen LogP contribution < -0.4 is 10.1 Å². The number of thiazole rings is 1. The minimum atomic E-state index is 0.132. The molecule has 1 saturated heterocycles. The fourth-order valence-electron chi connectivity index (χ4n) is 2.83. The molecule has 1 aliphatic rings. The van der Waals surface area contributed by atoms with Gasteiger partial charge in [-0.2, -0.15) is 0 Å². The smallest absolute Gasteiger partial charge is 0.228 e. The Balaban J connectivity index is 1.63. The van der Waals surface area contributed by atoms with Crippen molar-refractivity contribution in [2.45, 2.75) is 25.8 Å². The third-order valence-corrected chi connectivity index (χ3v) is 5.21. The lowest BCUT2D eigenvalue weighted by Gasteiger charge is -2.23. The molecular weight excluding hydrogens is 322 g/mol. The van der Waals surface area contributed by atoms with Gasteiger partial charge in [-0.15, -0.1) is 11.3 Å². The van der Waals surface area contributed by atoms with Crippen LogP contribution in [0.2, 0.25) is 0 Å². The number of carbonyl (C=O) groups excluding carboxylic acids is 1. The third kappa shape index (κ3) is 3.94. The van der Waals surface area contributed by atoms with Crippen LogP contribution >= 0.6 is 11.3 Å². The van der Waals surface area contributed by atoms with Crippen molar-refractivity contribution in [3.63, 3.8) is 0 Å². The van der Waals surface area contributed by atoms with E-state index >= 15 is 0 Å². The summed E-state index contributed by atoms with van der Waals surface area (Å²) in [6.45, 7) is 4.50. The van der Waals surface area contributed by atoms with E-state index in [1.54, 1.807) is 11.3 Å². The van der Waals surface area contributed by atoms with E-state index in [4.69, 9.17) is 4.74 Å². The lowest BCUT2D eigenvalue weighted by molar-refractivity contribution is -0.130. The summed E-state index contributed by atoms with van der Waals surface area (Å²) in [5.41, 5.74) is 1.89. The summed E-state index contributed by atoms with van der Waals surface area (Å²) < 4.78 is 5.46. The number of likely N-dealkylation sites (N-methyl/N-ethyl adjacent to an activating group) is 1.